The van der Waals surface area contributed by atoms with Gasteiger partial charge in [0.15, 0.2) is 5.82 Å². The number of benzene rings is 1. The second kappa shape index (κ2) is 9.27. The summed E-state index contributed by atoms with van der Waals surface area (Å²) >= 11 is 0. The summed E-state index contributed by atoms with van der Waals surface area (Å²) in [6.45, 7) is 8.13. The van der Waals surface area contributed by atoms with E-state index < -0.39 is 0 Å². The number of aromatic nitrogens is 2. The van der Waals surface area contributed by atoms with Gasteiger partial charge < -0.3 is 19.9 Å². The molecule has 0 aliphatic rings. The number of anilines is 1. The number of hydrogen-bond acceptors (Lipinski definition) is 6. The van der Waals surface area contributed by atoms with Crippen molar-refractivity contribution in [1.29, 1.82) is 0 Å². The van der Waals surface area contributed by atoms with Crippen molar-refractivity contribution in [2.24, 2.45) is 0 Å². The maximum Gasteiger partial charge on any atom is 0.257 e. The maximum absolute atomic E-state index is 6.03. The van der Waals surface area contributed by atoms with Crippen molar-refractivity contribution in [2.45, 2.75) is 59.2 Å². The van der Waals surface area contributed by atoms with Gasteiger partial charge in [-0.1, -0.05) is 19.9 Å². The number of ether oxygens (including phenoxy) is 3. The summed E-state index contributed by atoms with van der Waals surface area (Å²) in [5.41, 5.74) is 7.78. The van der Waals surface area contributed by atoms with Crippen LogP contribution in [0.2, 0.25) is 0 Å². The Hall–Kier alpha value is -2.50. The minimum atomic E-state index is 0.103. The van der Waals surface area contributed by atoms with Gasteiger partial charge in [-0.2, -0.15) is 0 Å². The lowest BCUT2D eigenvalue weighted by Crippen LogP contribution is -2.16. The van der Waals surface area contributed by atoms with Gasteiger partial charge in [-0.25, -0.2) is 9.97 Å². The lowest BCUT2D eigenvalue weighted by molar-refractivity contribution is 0.185. The Morgan fingerprint density at radius 3 is 2.42 bits per heavy atom. The van der Waals surface area contributed by atoms with Gasteiger partial charge >= 0.3 is 0 Å². The first-order valence-corrected chi connectivity index (χ1v) is 9.08. The summed E-state index contributed by atoms with van der Waals surface area (Å²) in [6.07, 6.45) is 4.28. The second-order valence-electron chi connectivity index (χ2n) is 6.43. The Balaban J connectivity index is 2.16. The molecule has 2 N–H and O–H groups in total. The highest BCUT2D eigenvalue weighted by molar-refractivity contribution is 5.44. The first kappa shape index (κ1) is 19.8. The van der Waals surface area contributed by atoms with E-state index in [1.165, 1.54) is 0 Å². The Bertz CT molecular complexity index is 715. The molecule has 0 aliphatic heterocycles. The minimum Gasteiger partial charge on any atom is -0.496 e. The highest BCUT2D eigenvalue weighted by Gasteiger charge is 2.13. The van der Waals surface area contributed by atoms with E-state index in [0.29, 0.717) is 18.1 Å². The SMILES string of the molecule is CCC(CC)Oc1ncc(Cc2ccc(OC(C)C)cc2OC)nc1N. The molecule has 0 amide bonds. The average molecular weight is 359 g/mol. The Morgan fingerprint density at radius 2 is 1.85 bits per heavy atom. The number of nitrogen functional groups attached to an aromatic ring is 1. The summed E-state index contributed by atoms with van der Waals surface area (Å²) in [4.78, 5) is 8.79. The third kappa shape index (κ3) is 5.25. The normalized spacial score (nSPS) is 11.0. The average Bonchev–Trinajstić information content (AvgIpc) is 2.62. The third-order valence-electron chi connectivity index (χ3n) is 4.00. The van der Waals surface area contributed by atoms with Gasteiger partial charge in [0, 0.05) is 18.1 Å². The molecule has 2 rings (SSSR count). The van der Waals surface area contributed by atoms with E-state index in [1.807, 2.05) is 32.0 Å². The lowest BCUT2D eigenvalue weighted by Gasteiger charge is -2.16. The quantitative estimate of drug-likeness (QED) is 0.728. The van der Waals surface area contributed by atoms with Crippen molar-refractivity contribution in [3.63, 3.8) is 0 Å². The molecule has 0 spiro atoms. The maximum atomic E-state index is 6.03. The van der Waals surface area contributed by atoms with Crippen molar-refractivity contribution in [3.05, 3.63) is 35.7 Å². The van der Waals surface area contributed by atoms with Crippen LogP contribution in [0.1, 0.15) is 51.8 Å². The van der Waals surface area contributed by atoms with Crippen LogP contribution in [0.5, 0.6) is 17.4 Å². The van der Waals surface area contributed by atoms with Crippen molar-refractivity contribution in [1.82, 2.24) is 9.97 Å². The molecule has 1 aromatic heterocycles. The van der Waals surface area contributed by atoms with E-state index in [9.17, 15) is 0 Å². The van der Waals surface area contributed by atoms with Gasteiger partial charge in [-0.15, -0.1) is 0 Å². The highest BCUT2D eigenvalue weighted by atomic mass is 16.5. The summed E-state index contributed by atoms with van der Waals surface area (Å²) in [6, 6.07) is 5.79. The molecule has 0 atom stereocenters. The number of nitrogens with zero attached hydrogens (tertiary/aromatic N) is 2. The zero-order valence-electron chi connectivity index (χ0n) is 16.3. The van der Waals surface area contributed by atoms with Crippen LogP contribution in [0.25, 0.3) is 0 Å². The fraction of sp³-hybridized carbons (Fsp3) is 0.500. The van der Waals surface area contributed by atoms with Gasteiger partial charge in [-0.05, 0) is 32.8 Å². The predicted molar refractivity (Wildman–Crippen MR) is 103 cm³/mol. The van der Waals surface area contributed by atoms with Crippen LogP contribution >= 0.6 is 0 Å². The molecular formula is C20H29N3O3. The zero-order valence-corrected chi connectivity index (χ0v) is 16.3. The largest absolute Gasteiger partial charge is 0.496 e. The van der Waals surface area contributed by atoms with E-state index in [2.05, 4.69) is 23.8 Å². The first-order valence-electron chi connectivity index (χ1n) is 9.08. The fourth-order valence-corrected chi connectivity index (χ4v) is 2.63. The van der Waals surface area contributed by atoms with Crippen LogP contribution < -0.4 is 19.9 Å². The summed E-state index contributed by atoms with van der Waals surface area (Å²) in [7, 11) is 1.64. The lowest BCUT2D eigenvalue weighted by atomic mass is 10.1. The molecule has 1 heterocycles. The van der Waals surface area contributed by atoms with Gasteiger partial charge in [0.2, 0.25) is 0 Å². The molecule has 1 aromatic carbocycles. The molecule has 6 nitrogen and oxygen atoms in total. The molecule has 0 saturated carbocycles. The van der Waals surface area contributed by atoms with E-state index in [-0.39, 0.29) is 12.2 Å². The standard InChI is InChI=1S/C20H29N3O3/c1-6-16(7-2)26-20-19(21)23-15(12-22-20)10-14-8-9-17(25-13(3)4)11-18(14)24-5/h8-9,11-13,16H,6-7,10H2,1-5H3,(H2,21,23). The molecule has 0 unspecified atom stereocenters. The summed E-state index contributed by atoms with van der Waals surface area (Å²) in [5.74, 6) is 2.24. The third-order valence-corrected chi connectivity index (χ3v) is 4.00. The monoisotopic (exact) mass is 359 g/mol. The number of nitrogens with two attached hydrogens (primary N) is 1. The minimum absolute atomic E-state index is 0.103. The topological polar surface area (TPSA) is 79.5 Å². The van der Waals surface area contributed by atoms with Crippen LogP contribution in [0.4, 0.5) is 5.82 Å². The highest BCUT2D eigenvalue weighted by Crippen LogP contribution is 2.28. The van der Waals surface area contributed by atoms with Crippen molar-refractivity contribution in [3.8, 4) is 17.4 Å². The number of methoxy groups -OCH3 is 1. The van der Waals surface area contributed by atoms with Gasteiger partial charge in [0.05, 0.1) is 25.1 Å². The van der Waals surface area contributed by atoms with Crippen molar-refractivity contribution < 1.29 is 14.2 Å². The molecule has 2 aromatic rings. The molecule has 0 aliphatic carbocycles. The van der Waals surface area contributed by atoms with Gasteiger partial charge in [0.25, 0.3) is 5.88 Å². The van der Waals surface area contributed by atoms with Crippen molar-refractivity contribution in [2.75, 3.05) is 12.8 Å². The van der Waals surface area contributed by atoms with Crippen LogP contribution in [0.3, 0.4) is 0 Å². The molecule has 0 fully saturated rings. The molecule has 26 heavy (non-hydrogen) atoms. The van der Waals surface area contributed by atoms with E-state index in [0.717, 1.165) is 35.6 Å². The van der Waals surface area contributed by atoms with Crippen LogP contribution in [0, 0.1) is 0 Å². The Morgan fingerprint density at radius 1 is 1.12 bits per heavy atom. The number of rotatable bonds is 9. The first-order chi connectivity index (χ1) is 12.5. The van der Waals surface area contributed by atoms with E-state index in [1.54, 1.807) is 13.3 Å². The molecule has 0 saturated heterocycles. The fourth-order valence-electron chi connectivity index (χ4n) is 2.63. The zero-order chi connectivity index (χ0) is 19.1. The molecule has 142 valence electrons. The predicted octanol–water partition coefficient (Wildman–Crippen LogP) is 4.01. The molecule has 6 heteroatoms. The summed E-state index contributed by atoms with van der Waals surface area (Å²) < 4.78 is 17.0. The smallest absolute Gasteiger partial charge is 0.257 e. The van der Waals surface area contributed by atoms with Crippen LogP contribution in [-0.4, -0.2) is 29.3 Å². The molecule has 0 bridgehead atoms. The number of hydrogen-bond donors (Lipinski definition) is 1. The van der Waals surface area contributed by atoms with Gasteiger partial charge in [0.1, 0.15) is 17.6 Å². The molecule has 0 radical (unpaired) electrons. The molecular weight excluding hydrogens is 330 g/mol. The van der Waals surface area contributed by atoms with Crippen molar-refractivity contribution >= 4 is 5.82 Å². The van der Waals surface area contributed by atoms with Crippen LogP contribution in [0.15, 0.2) is 24.4 Å². The van der Waals surface area contributed by atoms with Gasteiger partial charge in [-0.3, -0.25) is 0 Å². The Labute approximate surface area is 155 Å². The van der Waals surface area contributed by atoms with E-state index in [4.69, 9.17) is 19.9 Å². The van der Waals surface area contributed by atoms with E-state index >= 15 is 0 Å². The second-order valence-corrected chi connectivity index (χ2v) is 6.43. The van der Waals surface area contributed by atoms with Crippen LogP contribution in [-0.2, 0) is 6.42 Å². The Kier molecular flexibility index (Phi) is 7.06. The summed E-state index contributed by atoms with van der Waals surface area (Å²) in [5, 5.41) is 0.